The molecule has 0 amide bonds. The van der Waals surface area contributed by atoms with Gasteiger partial charge in [0.25, 0.3) is 0 Å². The normalized spacial score (nSPS) is 39.7. The fourth-order valence-corrected chi connectivity index (χ4v) is 4.14. The van der Waals surface area contributed by atoms with Crippen molar-refractivity contribution in [3.05, 3.63) is 34.9 Å². The Kier molecular flexibility index (Phi) is 5.14. The number of hydrogen-bond acceptors (Lipinski definition) is 1. The molecule has 1 nitrogen and oxygen atoms in total. The third-order valence-corrected chi connectivity index (χ3v) is 5.87. The van der Waals surface area contributed by atoms with Gasteiger partial charge in [-0.1, -0.05) is 50.1 Å². The quantitative estimate of drug-likeness (QED) is 0.638. The molecule has 0 aromatic heterocycles. The van der Waals surface area contributed by atoms with Gasteiger partial charge in [-0.05, 0) is 68.8 Å². The first-order valence-electron chi connectivity index (χ1n) is 8.54. The standard InChI is InChI=1S/C20H32O/c1-14(2)18-10-9-17-8-7-16(4)19(21)11-6-15(3)12-13-20(17,18)5/h6-7,9,14,18-19,21H,8,10-13H2,1-5H3/b15-6+,16-7+/t18-,19-,20+/m0/s1. The van der Waals surface area contributed by atoms with Crippen molar-refractivity contribution in [3.8, 4) is 0 Å². The Labute approximate surface area is 130 Å². The van der Waals surface area contributed by atoms with Gasteiger partial charge in [0.1, 0.15) is 0 Å². The van der Waals surface area contributed by atoms with Gasteiger partial charge in [-0.15, -0.1) is 0 Å². The van der Waals surface area contributed by atoms with Crippen molar-refractivity contribution in [2.45, 2.75) is 72.8 Å². The maximum absolute atomic E-state index is 10.2. The fourth-order valence-electron chi connectivity index (χ4n) is 4.14. The maximum Gasteiger partial charge on any atom is 0.0782 e. The maximum atomic E-state index is 10.2. The highest BCUT2D eigenvalue weighted by molar-refractivity contribution is 5.27. The summed E-state index contributed by atoms with van der Waals surface area (Å²) in [6.07, 6.45) is 12.1. The van der Waals surface area contributed by atoms with Crippen LogP contribution in [0.15, 0.2) is 34.9 Å². The summed E-state index contributed by atoms with van der Waals surface area (Å²) in [4.78, 5) is 0. The Morgan fingerprint density at radius 1 is 1.14 bits per heavy atom. The van der Waals surface area contributed by atoms with Crippen molar-refractivity contribution in [1.82, 2.24) is 0 Å². The number of rotatable bonds is 1. The molecule has 0 radical (unpaired) electrons. The zero-order chi connectivity index (χ0) is 15.6. The number of aliphatic hydroxyl groups excluding tert-OH is 1. The first-order chi connectivity index (χ1) is 9.84. The van der Waals surface area contributed by atoms with Gasteiger partial charge in [-0.25, -0.2) is 0 Å². The first kappa shape index (κ1) is 16.5. The van der Waals surface area contributed by atoms with Crippen LogP contribution in [0, 0.1) is 17.3 Å². The van der Waals surface area contributed by atoms with Gasteiger partial charge in [0.05, 0.1) is 6.10 Å². The number of aliphatic hydroxyl groups is 1. The largest absolute Gasteiger partial charge is 0.388 e. The first-order valence-corrected chi connectivity index (χ1v) is 8.54. The van der Waals surface area contributed by atoms with Gasteiger partial charge in [-0.3, -0.25) is 0 Å². The summed E-state index contributed by atoms with van der Waals surface area (Å²) >= 11 is 0. The van der Waals surface area contributed by atoms with Crippen LogP contribution >= 0.6 is 0 Å². The Morgan fingerprint density at radius 2 is 1.86 bits per heavy atom. The van der Waals surface area contributed by atoms with E-state index in [1.54, 1.807) is 5.57 Å². The van der Waals surface area contributed by atoms with E-state index >= 15 is 0 Å². The van der Waals surface area contributed by atoms with E-state index in [4.69, 9.17) is 0 Å². The van der Waals surface area contributed by atoms with Crippen LogP contribution in [0.4, 0.5) is 0 Å². The van der Waals surface area contributed by atoms with E-state index in [9.17, 15) is 5.11 Å². The zero-order valence-electron chi connectivity index (χ0n) is 14.4. The lowest BCUT2D eigenvalue weighted by Crippen LogP contribution is -2.29. The molecule has 0 bridgehead atoms. The van der Waals surface area contributed by atoms with Gasteiger partial charge in [-0.2, -0.15) is 0 Å². The van der Waals surface area contributed by atoms with Crippen LogP contribution in [0.25, 0.3) is 0 Å². The second-order valence-electron chi connectivity index (χ2n) is 7.69. The van der Waals surface area contributed by atoms with Crippen LogP contribution in [-0.2, 0) is 0 Å². The lowest BCUT2D eigenvalue weighted by Gasteiger charge is -2.38. The van der Waals surface area contributed by atoms with Crippen LogP contribution < -0.4 is 0 Å². The van der Waals surface area contributed by atoms with E-state index < -0.39 is 0 Å². The van der Waals surface area contributed by atoms with E-state index in [1.165, 1.54) is 18.4 Å². The molecule has 0 aliphatic heterocycles. The van der Waals surface area contributed by atoms with Crippen LogP contribution in [0.5, 0.6) is 0 Å². The van der Waals surface area contributed by atoms with Gasteiger partial charge >= 0.3 is 0 Å². The summed E-state index contributed by atoms with van der Waals surface area (Å²) in [5, 5.41) is 10.2. The molecule has 21 heavy (non-hydrogen) atoms. The van der Waals surface area contributed by atoms with Crippen molar-refractivity contribution in [2.75, 3.05) is 0 Å². The third-order valence-electron chi connectivity index (χ3n) is 5.87. The minimum Gasteiger partial charge on any atom is -0.388 e. The molecule has 0 heterocycles. The highest BCUT2D eigenvalue weighted by Crippen LogP contribution is 2.52. The minimum absolute atomic E-state index is 0.313. The predicted octanol–water partition coefficient (Wildman–Crippen LogP) is 5.42. The Hall–Kier alpha value is -0.820. The van der Waals surface area contributed by atoms with E-state index in [-0.39, 0.29) is 6.10 Å². The van der Waals surface area contributed by atoms with Gasteiger partial charge in [0, 0.05) is 0 Å². The van der Waals surface area contributed by atoms with E-state index in [1.807, 2.05) is 0 Å². The van der Waals surface area contributed by atoms with Crippen LogP contribution in [0.2, 0.25) is 0 Å². The molecular weight excluding hydrogens is 256 g/mol. The van der Waals surface area contributed by atoms with E-state index in [0.29, 0.717) is 5.41 Å². The SMILES string of the molecule is C/C1=C\C[C@H](O)/C(C)=C/CC2=CC[C@@H](C(C)C)[C@]2(C)CC1. The molecule has 0 fully saturated rings. The van der Waals surface area contributed by atoms with Crippen molar-refractivity contribution in [2.24, 2.45) is 17.3 Å². The van der Waals surface area contributed by atoms with Crippen LogP contribution in [0.1, 0.15) is 66.7 Å². The molecule has 2 aliphatic rings. The summed E-state index contributed by atoms with van der Waals surface area (Å²) in [5.74, 6) is 1.49. The number of allylic oxidation sites excluding steroid dienone is 4. The number of fused-ring (bicyclic) bond motifs is 1. The molecule has 0 saturated carbocycles. The monoisotopic (exact) mass is 288 g/mol. The summed E-state index contributed by atoms with van der Waals surface area (Å²) in [6.45, 7) is 11.5. The topological polar surface area (TPSA) is 20.2 Å². The van der Waals surface area contributed by atoms with E-state index in [0.717, 1.165) is 36.7 Å². The van der Waals surface area contributed by atoms with Gasteiger partial charge in [0.2, 0.25) is 0 Å². The summed E-state index contributed by atoms with van der Waals surface area (Å²) in [5.41, 5.74) is 4.48. The second-order valence-corrected chi connectivity index (χ2v) is 7.69. The molecule has 3 atom stereocenters. The molecule has 2 aliphatic carbocycles. The fraction of sp³-hybridized carbons (Fsp3) is 0.700. The van der Waals surface area contributed by atoms with Crippen molar-refractivity contribution in [3.63, 3.8) is 0 Å². The molecular formula is C20H32O. The molecule has 0 aromatic carbocycles. The van der Waals surface area contributed by atoms with Crippen molar-refractivity contribution >= 4 is 0 Å². The summed E-state index contributed by atoms with van der Waals surface area (Å²) in [6, 6.07) is 0. The Morgan fingerprint density at radius 3 is 2.52 bits per heavy atom. The third kappa shape index (κ3) is 3.51. The molecule has 0 saturated heterocycles. The van der Waals surface area contributed by atoms with Crippen molar-refractivity contribution < 1.29 is 5.11 Å². The average Bonchev–Trinajstić information content (AvgIpc) is 2.76. The van der Waals surface area contributed by atoms with Crippen LogP contribution in [-0.4, -0.2) is 11.2 Å². The molecule has 1 heteroatoms. The van der Waals surface area contributed by atoms with Gasteiger partial charge < -0.3 is 5.11 Å². The molecule has 118 valence electrons. The highest BCUT2D eigenvalue weighted by Gasteiger charge is 2.41. The highest BCUT2D eigenvalue weighted by atomic mass is 16.3. The average molecular weight is 288 g/mol. The zero-order valence-corrected chi connectivity index (χ0v) is 14.4. The smallest absolute Gasteiger partial charge is 0.0782 e. The molecule has 1 N–H and O–H groups in total. The van der Waals surface area contributed by atoms with Crippen LogP contribution in [0.3, 0.4) is 0 Å². The Balaban J connectivity index is 2.32. The van der Waals surface area contributed by atoms with Crippen molar-refractivity contribution in [1.29, 1.82) is 0 Å². The minimum atomic E-state index is -0.313. The molecule has 0 aromatic rings. The Bertz CT molecular complexity index is 466. The second kappa shape index (κ2) is 6.52. The van der Waals surface area contributed by atoms with E-state index in [2.05, 4.69) is 52.8 Å². The molecule has 0 spiro atoms. The summed E-state index contributed by atoms with van der Waals surface area (Å²) in [7, 11) is 0. The molecule has 2 rings (SSSR count). The lowest BCUT2D eigenvalue weighted by atomic mass is 9.67. The summed E-state index contributed by atoms with van der Waals surface area (Å²) < 4.78 is 0. The van der Waals surface area contributed by atoms with Gasteiger partial charge in [0.15, 0.2) is 0 Å². The molecule has 0 unspecified atom stereocenters. The predicted molar refractivity (Wildman–Crippen MR) is 91.1 cm³/mol. The number of hydrogen-bond donors (Lipinski definition) is 1. The lowest BCUT2D eigenvalue weighted by molar-refractivity contribution is 0.183.